The van der Waals surface area contributed by atoms with E-state index in [4.69, 9.17) is 9.84 Å². The predicted octanol–water partition coefficient (Wildman–Crippen LogP) is 1.34. The standard InChI is InChI=1S/C13H16N2O6/c1-2-5-9(13(17)18)14-12(16)8-21-11-7-4-3-6-10(11)15(19)20/h3-4,6-7,9H,2,5,8H2,1H3,(H,14,16)(H,17,18). The Bertz CT molecular complexity index is 531. The molecule has 1 aromatic rings. The molecule has 0 aliphatic rings. The molecule has 0 aliphatic heterocycles. The zero-order chi connectivity index (χ0) is 15.8. The summed E-state index contributed by atoms with van der Waals surface area (Å²) in [4.78, 5) is 32.7. The van der Waals surface area contributed by atoms with Crippen LogP contribution in [-0.4, -0.2) is 34.6 Å². The van der Waals surface area contributed by atoms with E-state index in [1.54, 1.807) is 6.92 Å². The molecular formula is C13H16N2O6. The summed E-state index contributed by atoms with van der Waals surface area (Å²) in [7, 11) is 0. The maximum absolute atomic E-state index is 11.6. The number of nitro benzene ring substituents is 1. The van der Waals surface area contributed by atoms with Gasteiger partial charge in [0, 0.05) is 6.07 Å². The van der Waals surface area contributed by atoms with Crippen molar-refractivity contribution < 1.29 is 24.4 Å². The molecular weight excluding hydrogens is 280 g/mol. The second kappa shape index (κ2) is 7.83. The third kappa shape index (κ3) is 5.09. The van der Waals surface area contributed by atoms with Crippen molar-refractivity contribution in [1.82, 2.24) is 5.32 Å². The Morgan fingerprint density at radius 1 is 1.43 bits per heavy atom. The van der Waals surface area contributed by atoms with E-state index >= 15 is 0 Å². The highest BCUT2D eigenvalue weighted by molar-refractivity contribution is 5.84. The molecule has 1 amide bonds. The number of nitrogens with zero attached hydrogens (tertiary/aromatic N) is 1. The maximum Gasteiger partial charge on any atom is 0.326 e. The van der Waals surface area contributed by atoms with Crippen molar-refractivity contribution in [3.8, 4) is 5.75 Å². The minimum Gasteiger partial charge on any atom is -0.480 e. The summed E-state index contributed by atoms with van der Waals surface area (Å²) in [6.07, 6.45) is 0.898. The van der Waals surface area contributed by atoms with Crippen LogP contribution in [0.2, 0.25) is 0 Å². The van der Waals surface area contributed by atoms with E-state index in [0.29, 0.717) is 12.8 Å². The van der Waals surface area contributed by atoms with Gasteiger partial charge in [-0.25, -0.2) is 4.79 Å². The normalized spacial score (nSPS) is 11.5. The average Bonchev–Trinajstić information content (AvgIpc) is 2.44. The topological polar surface area (TPSA) is 119 Å². The van der Waals surface area contributed by atoms with Gasteiger partial charge in [-0.3, -0.25) is 14.9 Å². The van der Waals surface area contributed by atoms with E-state index in [-0.39, 0.29) is 11.4 Å². The third-order valence-electron chi connectivity index (χ3n) is 2.63. The molecule has 0 saturated carbocycles. The lowest BCUT2D eigenvalue weighted by Crippen LogP contribution is -2.42. The molecule has 8 nitrogen and oxygen atoms in total. The SMILES string of the molecule is CCCC(NC(=O)COc1ccccc1[N+](=O)[O-])C(=O)O. The first kappa shape index (κ1) is 16.4. The van der Waals surface area contributed by atoms with E-state index in [1.165, 1.54) is 24.3 Å². The molecule has 21 heavy (non-hydrogen) atoms. The number of ether oxygens (including phenoxy) is 1. The van der Waals surface area contributed by atoms with Crippen molar-refractivity contribution in [2.45, 2.75) is 25.8 Å². The Morgan fingerprint density at radius 3 is 2.67 bits per heavy atom. The van der Waals surface area contributed by atoms with Crippen LogP contribution in [0.25, 0.3) is 0 Å². The first-order valence-corrected chi connectivity index (χ1v) is 6.34. The highest BCUT2D eigenvalue weighted by Gasteiger charge is 2.20. The maximum atomic E-state index is 11.6. The van der Waals surface area contributed by atoms with Crippen LogP contribution in [0.15, 0.2) is 24.3 Å². The molecule has 0 bridgehead atoms. The Balaban J connectivity index is 2.61. The number of rotatable bonds is 8. The molecule has 8 heteroatoms. The summed E-state index contributed by atoms with van der Waals surface area (Å²) < 4.78 is 5.07. The van der Waals surface area contributed by atoms with Crippen molar-refractivity contribution >= 4 is 17.6 Å². The van der Waals surface area contributed by atoms with Gasteiger partial charge < -0.3 is 15.2 Å². The van der Waals surface area contributed by atoms with Crippen molar-refractivity contribution in [2.75, 3.05) is 6.61 Å². The highest BCUT2D eigenvalue weighted by atomic mass is 16.6. The fourth-order valence-electron chi connectivity index (χ4n) is 1.66. The van der Waals surface area contributed by atoms with E-state index in [9.17, 15) is 19.7 Å². The molecule has 0 spiro atoms. The Kier molecular flexibility index (Phi) is 6.12. The lowest BCUT2D eigenvalue weighted by molar-refractivity contribution is -0.385. The first-order chi connectivity index (χ1) is 9.95. The minimum absolute atomic E-state index is 0.0417. The molecule has 0 heterocycles. The van der Waals surface area contributed by atoms with Gasteiger partial charge in [0.25, 0.3) is 5.91 Å². The zero-order valence-corrected chi connectivity index (χ0v) is 11.4. The molecule has 2 N–H and O–H groups in total. The molecule has 114 valence electrons. The van der Waals surface area contributed by atoms with Gasteiger partial charge in [0.1, 0.15) is 6.04 Å². The number of carbonyl (C=O) groups excluding carboxylic acids is 1. The molecule has 0 aliphatic carbocycles. The van der Waals surface area contributed by atoms with Gasteiger partial charge in [-0.2, -0.15) is 0 Å². The minimum atomic E-state index is -1.13. The smallest absolute Gasteiger partial charge is 0.326 e. The van der Waals surface area contributed by atoms with Gasteiger partial charge in [-0.15, -0.1) is 0 Å². The number of benzene rings is 1. The van der Waals surface area contributed by atoms with Gasteiger partial charge in [-0.05, 0) is 12.5 Å². The molecule has 0 saturated heterocycles. The fraction of sp³-hybridized carbons (Fsp3) is 0.385. The van der Waals surface area contributed by atoms with Crippen LogP contribution in [-0.2, 0) is 9.59 Å². The Labute approximate surface area is 120 Å². The van der Waals surface area contributed by atoms with Crippen molar-refractivity contribution in [3.05, 3.63) is 34.4 Å². The van der Waals surface area contributed by atoms with E-state index in [0.717, 1.165) is 0 Å². The number of carboxylic acids is 1. The number of nitro groups is 1. The van der Waals surface area contributed by atoms with Crippen LogP contribution >= 0.6 is 0 Å². The Hall–Kier alpha value is -2.64. The van der Waals surface area contributed by atoms with Crippen LogP contribution in [0, 0.1) is 10.1 Å². The van der Waals surface area contributed by atoms with Crippen molar-refractivity contribution in [1.29, 1.82) is 0 Å². The number of carbonyl (C=O) groups is 2. The van der Waals surface area contributed by atoms with Gasteiger partial charge in [0.2, 0.25) is 0 Å². The number of nitrogens with one attached hydrogen (secondary N) is 1. The summed E-state index contributed by atoms with van der Waals surface area (Å²) in [6.45, 7) is 1.31. The summed E-state index contributed by atoms with van der Waals surface area (Å²) in [5, 5.41) is 22.0. The molecule has 1 aromatic carbocycles. The van der Waals surface area contributed by atoms with Gasteiger partial charge in [0.15, 0.2) is 12.4 Å². The molecule has 0 aromatic heterocycles. The fourth-order valence-corrected chi connectivity index (χ4v) is 1.66. The number of carboxylic acid groups (broad SMARTS) is 1. The average molecular weight is 296 g/mol. The molecule has 0 radical (unpaired) electrons. The lowest BCUT2D eigenvalue weighted by atomic mass is 10.2. The molecule has 1 atom stereocenters. The van der Waals surface area contributed by atoms with Gasteiger partial charge >= 0.3 is 11.7 Å². The number of hydrogen-bond acceptors (Lipinski definition) is 5. The lowest BCUT2D eigenvalue weighted by Gasteiger charge is -2.13. The van der Waals surface area contributed by atoms with E-state index in [2.05, 4.69) is 5.32 Å². The van der Waals surface area contributed by atoms with Crippen molar-refractivity contribution in [3.63, 3.8) is 0 Å². The van der Waals surface area contributed by atoms with Crippen LogP contribution in [0.3, 0.4) is 0 Å². The van der Waals surface area contributed by atoms with E-state index < -0.39 is 29.4 Å². The molecule has 0 fully saturated rings. The summed E-state index contributed by atoms with van der Waals surface area (Å²) in [5.74, 6) is -1.81. The first-order valence-electron chi connectivity index (χ1n) is 6.34. The summed E-state index contributed by atoms with van der Waals surface area (Å²) in [6, 6.07) is 4.65. The second-order valence-electron chi connectivity index (χ2n) is 4.26. The zero-order valence-electron chi connectivity index (χ0n) is 11.4. The van der Waals surface area contributed by atoms with Crippen LogP contribution in [0.1, 0.15) is 19.8 Å². The highest BCUT2D eigenvalue weighted by Crippen LogP contribution is 2.25. The second-order valence-corrected chi connectivity index (χ2v) is 4.26. The van der Waals surface area contributed by atoms with Gasteiger partial charge in [0.05, 0.1) is 4.92 Å². The summed E-state index contributed by atoms with van der Waals surface area (Å²) >= 11 is 0. The van der Waals surface area contributed by atoms with Crippen LogP contribution in [0.4, 0.5) is 5.69 Å². The molecule has 1 unspecified atom stereocenters. The number of aliphatic carboxylic acids is 1. The predicted molar refractivity (Wildman–Crippen MR) is 73.1 cm³/mol. The van der Waals surface area contributed by atoms with Gasteiger partial charge in [-0.1, -0.05) is 25.5 Å². The van der Waals surface area contributed by atoms with E-state index in [1.807, 2.05) is 0 Å². The Morgan fingerprint density at radius 2 is 2.10 bits per heavy atom. The quantitative estimate of drug-likeness (QED) is 0.552. The summed E-state index contributed by atoms with van der Waals surface area (Å²) in [5.41, 5.74) is -0.256. The number of amides is 1. The van der Waals surface area contributed by atoms with Crippen LogP contribution in [0.5, 0.6) is 5.75 Å². The van der Waals surface area contributed by atoms with Crippen molar-refractivity contribution in [2.24, 2.45) is 0 Å². The van der Waals surface area contributed by atoms with Crippen LogP contribution < -0.4 is 10.1 Å². The largest absolute Gasteiger partial charge is 0.480 e. The molecule has 1 rings (SSSR count). The number of hydrogen-bond donors (Lipinski definition) is 2. The monoisotopic (exact) mass is 296 g/mol. The third-order valence-corrected chi connectivity index (χ3v) is 2.63. The number of para-hydroxylation sites is 2.